The van der Waals surface area contributed by atoms with Crippen molar-refractivity contribution >= 4 is 12.2 Å². The Morgan fingerprint density at radius 3 is 2.44 bits per heavy atom. The summed E-state index contributed by atoms with van der Waals surface area (Å²) in [6.45, 7) is 9.54. The quantitative estimate of drug-likeness (QED) is 0.509. The van der Waals surface area contributed by atoms with Crippen LogP contribution in [0.5, 0.6) is 0 Å². The number of hydrogen-bond donors (Lipinski definition) is 1. The predicted molar refractivity (Wildman–Crippen MR) is 66.1 cm³/mol. The lowest BCUT2D eigenvalue weighted by atomic mass is 9.94. The smallest absolute Gasteiger partial charge is 0.224 e. The van der Waals surface area contributed by atoms with Gasteiger partial charge in [-0.3, -0.25) is 4.79 Å². The normalized spacial score (nSPS) is 13.9. The first-order valence-corrected chi connectivity index (χ1v) is 5.94. The second-order valence-corrected chi connectivity index (χ2v) is 4.30. The molecule has 2 unspecified atom stereocenters. The minimum Gasteiger partial charge on any atom is -0.352 e. The number of aldehydes is 1. The van der Waals surface area contributed by atoms with E-state index in [1.54, 1.807) is 0 Å². The Labute approximate surface area is 98.3 Å². The highest BCUT2D eigenvalue weighted by atomic mass is 16.1. The number of carbonyl (C=O) groups excluding carboxylic acids is 2. The van der Waals surface area contributed by atoms with E-state index in [2.05, 4.69) is 18.8 Å². The van der Waals surface area contributed by atoms with Crippen molar-refractivity contribution in [1.82, 2.24) is 5.32 Å². The van der Waals surface area contributed by atoms with Crippen molar-refractivity contribution in [2.45, 2.75) is 52.5 Å². The summed E-state index contributed by atoms with van der Waals surface area (Å²) in [5.74, 6) is -0.111. The standard InChI is InChI=1S/C13H23NO2/c1-5-7-12(11(6-2)9-15)14-13(16)8-10(3)4/h9,11-12H,3,5-8H2,1-2,4H3,(H,14,16). The molecular weight excluding hydrogens is 202 g/mol. The predicted octanol–water partition coefficient (Wildman–Crippen LogP) is 2.46. The molecule has 16 heavy (non-hydrogen) atoms. The van der Waals surface area contributed by atoms with Crippen LogP contribution in [-0.4, -0.2) is 18.2 Å². The average molecular weight is 225 g/mol. The maximum absolute atomic E-state index is 11.6. The molecule has 0 saturated heterocycles. The first-order valence-electron chi connectivity index (χ1n) is 5.94. The minimum atomic E-state index is -0.0750. The first kappa shape index (κ1) is 14.9. The van der Waals surface area contributed by atoms with Crippen LogP contribution in [-0.2, 0) is 9.59 Å². The van der Waals surface area contributed by atoms with Gasteiger partial charge in [-0.05, 0) is 19.8 Å². The summed E-state index contributed by atoms with van der Waals surface area (Å²) in [6, 6.07) is -0.0284. The van der Waals surface area contributed by atoms with Gasteiger partial charge in [0.1, 0.15) is 6.29 Å². The number of hydrogen-bond acceptors (Lipinski definition) is 2. The van der Waals surface area contributed by atoms with Gasteiger partial charge in [0.25, 0.3) is 0 Å². The van der Waals surface area contributed by atoms with Gasteiger partial charge in [0, 0.05) is 18.4 Å². The van der Waals surface area contributed by atoms with E-state index in [0.29, 0.717) is 6.42 Å². The number of amides is 1. The SMILES string of the molecule is C=C(C)CC(=O)NC(CCC)C(C=O)CC. The third kappa shape index (κ3) is 5.69. The minimum absolute atomic E-state index is 0.0284. The molecule has 0 aromatic heterocycles. The van der Waals surface area contributed by atoms with Crippen LogP contribution in [0.25, 0.3) is 0 Å². The summed E-state index contributed by atoms with van der Waals surface area (Å²) in [7, 11) is 0. The fraction of sp³-hybridized carbons (Fsp3) is 0.692. The van der Waals surface area contributed by atoms with Crippen LogP contribution in [0.1, 0.15) is 46.5 Å². The lowest BCUT2D eigenvalue weighted by molar-refractivity contribution is -0.122. The maximum Gasteiger partial charge on any atom is 0.224 e. The molecule has 0 radical (unpaired) electrons. The van der Waals surface area contributed by atoms with E-state index in [9.17, 15) is 9.59 Å². The van der Waals surface area contributed by atoms with Crippen molar-refractivity contribution in [2.75, 3.05) is 0 Å². The second-order valence-electron chi connectivity index (χ2n) is 4.30. The van der Waals surface area contributed by atoms with E-state index in [0.717, 1.165) is 31.1 Å². The van der Waals surface area contributed by atoms with Gasteiger partial charge in [0.15, 0.2) is 0 Å². The molecular formula is C13H23NO2. The van der Waals surface area contributed by atoms with E-state index < -0.39 is 0 Å². The molecule has 0 fully saturated rings. The van der Waals surface area contributed by atoms with Gasteiger partial charge in [0.05, 0.1) is 0 Å². The van der Waals surface area contributed by atoms with Gasteiger partial charge < -0.3 is 10.1 Å². The first-order chi connectivity index (χ1) is 7.54. The summed E-state index contributed by atoms with van der Waals surface area (Å²) in [6.07, 6.45) is 3.86. The molecule has 0 saturated carbocycles. The number of carbonyl (C=O) groups is 2. The molecule has 1 N–H and O–H groups in total. The zero-order chi connectivity index (χ0) is 12.6. The molecule has 0 aliphatic heterocycles. The molecule has 0 bridgehead atoms. The third-order valence-electron chi connectivity index (χ3n) is 2.57. The van der Waals surface area contributed by atoms with Gasteiger partial charge in [0.2, 0.25) is 5.91 Å². The summed E-state index contributed by atoms with van der Waals surface area (Å²) in [5, 5.41) is 2.92. The zero-order valence-electron chi connectivity index (χ0n) is 10.6. The molecule has 0 aliphatic carbocycles. The monoisotopic (exact) mass is 225 g/mol. The maximum atomic E-state index is 11.6. The van der Waals surface area contributed by atoms with Gasteiger partial charge >= 0.3 is 0 Å². The lowest BCUT2D eigenvalue weighted by Gasteiger charge is -2.22. The molecule has 92 valence electrons. The third-order valence-corrected chi connectivity index (χ3v) is 2.57. The highest BCUT2D eigenvalue weighted by molar-refractivity contribution is 5.79. The molecule has 0 spiro atoms. The largest absolute Gasteiger partial charge is 0.352 e. The molecule has 3 heteroatoms. The lowest BCUT2D eigenvalue weighted by Crippen LogP contribution is -2.40. The van der Waals surface area contributed by atoms with E-state index in [4.69, 9.17) is 0 Å². The second kappa shape index (κ2) is 8.08. The fourth-order valence-corrected chi connectivity index (χ4v) is 1.71. The van der Waals surface area contributed by atoms with Crippen molar-refractivity contribution in [3.63, 3.8) is 0 Å². The van der Waals surface area contributed by atoms with Gasteiger partial charge in [-0.1, -0.05) is 32.4 Å². The molecule has 1 amide bonds. The van der Waals surface area contributed by atoms with Crippen molar-refractivity contribution in [2.24, 2.45) is 5.92 Å². The summed E-state index contributed by atoms with van der Waals surface area (Å²) >= 11 is 0. The Bertz CT molecular complexity index is 248. The van der Waals surface area contributed by atoms with Gasteiger partial charge in [-0.2, -0.15) is 0 Å². The van der Waals surface area contributed by atoms with Crippen LogP contribution >= 0.6 is 0 Å². The Morgan fingerprint density at radius 2 is 2.06 bits per heavy atom. The van der Waals surface area contributed by atoms with Crippen LogP contribution < -0.4 is 5.32 Å². The molecule has 0 heterocycles. The number of rotatable bonds is 8. The van der Waals surface area contributed by atoms with E-state index in [-0.39, 0.29) is 17.9 Å². The van der Waals surface area contributed by atoms with E-state index in [1.165, 1.54) is 0 Å². The van der Waals surface area contributed by atoms with Crippen LogP contribution in [0.2, 0.25) is 0 Å². The molecule has 0 rings (SSSR count). The Hall–Kier alpha value is -1.12. The van der Waals surface area contributed by atoms with Crippen molar-refractivity contribution in [3.8, 4) is 0 Å². The highest BCUT2D eigenvalue weighted by Crippen LogP contribution is 2.12. The van der Waals surface area contributed by atoms with Crippen molar-refractivity contribution < 1.29 is 9.59 Å². The zero-order valence-corrected chi connectivity index (χ0v) is 10.6. The summed E-state index contributed by atoms with van der Waals surface area (Å²) in [4.78, 5) is 22.5. The van der Waals surface area contributed by atoms with E-state index >= 15 is 0 Å². The molecule has 0 aromatic rings. The van der Waals surface area contributed by atoms with Crippen molar-refractivity contribution in [1.29, 1.82) is 0 Å². The molecule has 2 atom stereocenters. The average Bonchev–Trinajstić information content (AvgIpc) is 2.18. The summed E-state index contributed by atoms with van der Waals surface area (Å²) < 4.78 is 0. The fourth-order valence-electron chi connectivity index (χ4n) is 1.71. The number of nitrogens with one attached hydrogen (secondary N) is 1. The van der Waals surface area contributed by atoms with Crippen molar-refractivity contribution in [3.05, 3.63) is 12.2 Å². The molecule has 0 aliphatic rings. The Morgan fingerprint density at radius 1 is 1.44 bits per heavy atom. The van der Waals surface area contributed by atoms with Crippen LogP contribution in [0.4, 0.5) is 0 Å². The van der Waals surface area contributed by atoms with Crippen LogP contribution in [0.3, 0.4) is 0 Å². The van der Waals surface area contributed by atoms with Gasteiger partial charge in [-0.25, -0.2) is 0 Å². The van der Waals surface area contributed by atoms with E-state index in [1.807, 2.05) is 13.8 Å². The van der Waals surface area contributed by atoms with Crippen LogP contribution in [0.15, 0.2) is 12.2 Å². The Kier molecular flexibility index (Phi) is 7.52. The van der Waals surface area contributed by atoms with Gasteiger partial charge in [-0.15, -0.1) is 0 Å². The highest BCUT2D eigenvalue weighted by Gasteiger charge is 2.20. The topological polar surface area (TPSA) is 46.2 Å². The molecule has 0 aromatic carbocycles. The Balaban J connectivity index is 4.36. The molecule has 3 nitrogen and oxygen atoms in total. The summed E-state index contributed by atoms with van der Waals surface area (Å²) in [5.41, 5.74) is 0.840. The van der Waals surface area contributed by atoms with Crippen LogP contribution in [0, 0.1) is 5.92 Å².